The van der Waals surface area contributed by atoms with Crippen molar-refractivity contribution in [2.75, 3.05) is 6.61 Å². The van der Waals surface area contributed by atoms with Crippen LogP contribution in [0.4, 0.5) is 0 Å². The molecular formula is C24H30O4. The summed E-state index contributed by atoms with van der Waals surface area (Å²) in [7, 11) is 0. The molecule has 0 radical (unpaired) electrons. The van der Waals surface area contributed by atoms with Crippen LogP contribution in [0, 0.1) is 13.8 Å². The lowest BCUT2D eigenvalue weighted by molar-refractivity contribution is 0.0497. The van der Waals surface area contributed by atoms with Gasteiger partial charge in [0, 0.05) is 0 Å². The SMILES string of the molecule is CCCCCCCCOC(=O)c1cccc(C(=O)Oc2ccc(C)c(C)c2)c1. The van der Waals surface area contributed by atoms with Crippen molar-refractivity contribution in [1.82, 2.24) is 0 Å². The molecule has 2 rings (SSSR count). The summed E-state index contributed by atoms with van der Waals surface area (Å²) in [5.41, 5.74) is 2.87. The number of unbranched alkanes of at least 4 members (excludes halogenated alkanes) is 5. The van der Waals surface area contributed by atoms with Gasteiger partial charge in [0.15, 0.2) is 0 Å². The van der Waals surface area contributed by atoms with E-state index < -0.39 is 11.9 Å². The first-order valence-electron chi connectivity index (χ1n) is 10.1. The molecule has 4 nitrogen and oxygen atoms in total. The maximum atomic E-state index is 12.4. The van der Waals surface area contributed by atoms with Gasteiger partial charge < -0.3 is 9.47 Å². The predicted molar refractivity (Wildman–Crippen MR) is 111 cm³/mol. The molecule has 0 N–H and O–H groups in total. The van der Waals surface area contributed by atoms with Gasteiger partial charge in [0.1, 0.15) is 5.75 Å². The molecule has 0 saturated carbocycles. The first-order chi connectivity index (χ1) is 13.5. The van der Waals surface area contributed by atoms with Gasteiger partial charge in [-0.05, 0) is 61.7 Å². The van der Waals surface area contributed by atoms with Gasteiger partial charge in [-0.15, -0.1) is 0 Å². The minimum absolute atomic E-state index is 0.326. The minimum atomic E-state index is -0.492. The van der Waals surface area contributed by atoms with Gasteiger partial charge in [0.05, 0.1) is 17.7 Å². The third-order valence-corrected chi connectivity index (χ3v) is 4.75. The lowest BCUT2D eigenvalue weighted by atomic mass is 10.1. The number of rotatable bonds is 10. The number of benzene rings is 2. The molecule has 0 spiro atoms. The Morgan fingerprint density at radius 1 is 0.786 bits per heavy atom. The largest absolute Gasteiger partial charge is 0.462 e. The van der Waals surface area contributed by atoms with Crippen LogP contribution in [0.25, 0.3) is 0 Å². The zero-order valence-corrected chi connectivity index (χ0v) is 17.1. The molecule has 0 fully saturated rings. The van der Waals surface area contributed by atoms with Crippen molar-refractivity contribution in [3.05, 3.63) is 64.7 Å². The second-order valence-corrected chi connectivity index (χ2v) is 7.12. The maximum absolute atomic E-state index is 12.4. The number of carbonyl (C=O) groups excluding carboxylic acids is 2. The highest BCUT2D eigenvalue weighted by Gasteiger charge is 2.13. The second-order valence-electron chi connectivity index (χ2n) is 7.12. The Morgan fingerprint density at radius 3 is 2.18 bits per heavy atom. The fourth-order valence-electron chi connectivity index (χ4n) is 2.85. The van der Waals surface area contributed by atoms with Crippen LogP contribution in [0.3, 0.4) is 0 Å². The Bertz CT molecular complexity index is 795. The molecule has 0 aliphatic heterocycles. The zero-order chi connectivity index (χ0) is 20.4. The van der Waals surface area contributed by atoms with Crippen molar-refractivity contribution in [3.63, 3.8) is 0 Å². The van der Waals surface area contributed by atoms with E-state index in [1.54, 1.807) is 24.3 Å². The van der Waals surface area contributed by atoms with E-state index in [0.29, 0.717) is 23.5 Å². The summed E-state index contributed by atoms with van der Waals surface area (Å²) in [5, 5.41) is 0. The summed E-state index contributed by atoms with van der Waals surface area (Å²) in [5.74, 6) is -0.410. The van der Waals surface area contributed by atoms with Crippen LogP contribution < -0.4 is 4.74 Å². The van der Waals surface area contributed by atoms with Gasteiger partial charge in [0.2, 0.25) is 0 Å². The third-order valence-electron chi connectivity index (χ3n) is 4.75. The van der Waals surface area contributed by atoms with E-state index in [0.717, 1.165) is 24.0 Å². The number of aryl methyl sites for hydroxylation is 2. The lowest BCUT2D eigenvalue weighted by Crippen LogP contribution is -2.11. The summed E-state index contributed by atoms with van der Waals surface area (Å²) in [6.45, 7) is 6.56. The standard InChI is InChI=1S/C24H30O4/c1-4-5-6-7-8-9-15-27-23(25)20-11-10-12-21(17-20)24(26)28-22-14-13-18(2)19(3)16-22/h10-14,16-17H,4-9,15H2,1-3H3. The Hall–Kier alpha value is -2.62. The molecule has 0 heterocycles. The molecule has 0 bridgehead atoms. The summed E-state index contributed by atoms with van der Waals surface area (Å²) in [6.07, 6.45) is 6.81. The number of esters is 2. The van der Waals surface area contributed by atoms with E-state index in [1.807, 2.05) is 26.0 Å². The Kier molecular flexibility index (Phi) is 8.73. The number of hydrogen-bond acceptors (Lipinski definition) is 4. The van der Waals surface area contributed by atoms with E-state index >= 15 is 0 Å². The molecule has 0 amide bonds. The smallest absolute Gasteiger partial charge is 0.343 e. The molecule has 2 aromatic carbocycles. The quantitative estimate of drug-likeness (QED) is 0.285. The molecule has 2 aromatic rings. The molecule has 0 saturated heterocycles. The minimum Gasteiger partial charge on any atom is -0.462 e. The summed E-state index contributed by atoms with van der Waals surface area (Å²) in [4.78, 5) is 24.6. The van der Waals surface area contributed by atoms with E-state index in [-0.39, 0.29) is 0 Å². The van der Waals surface area contributed by atoms with Crippen LogP contribution >= 0.6 is 0 Å². The molecule has 28 heavy (non-hydrogen) atoms. The zero-order valence-electron chi connectivity index (χ0n) is 17.1. The van der Waals surface area contributed by atoms with Crippen molar-refractivity contribution in [1.29, 1.82) is 0 Å². The van der Waals surface area contributed by atoms with Gasteiger partial charge in [-0.2, -0.15) is 0 Å². The first kappa shape index (κ1) is 21.7. The van der Waals surface area contributed by atoms with Crippen molar-refractivity contribution >= 4 is 11.9 Å². The summed E-state index contributed by atoms with van der Waals surface area (Å²) in [6, 6.07) is 12.0. The van der Waals surface area contributed by atoms with Crippen molar-refractivity contribution in [2.45, 2.75) is 59.3 Å². The Morgan fingerprint density at radius 2 is 1.46 bits per heavy atom. The van der Waals surface area contributed by atoms with Crippen LogP contribution in [-0.2, 0) is 4.74 Å². The molecule has 0 aliphatic carbocycles. The highest BCUT2D eigenvalue weighted by atomic mass is 16.5. The van der Waals surface area contributed by atoms with Crippen LogP contribution in [0.2, 0.25) is 0 Å². The van der Waals surface area contributed by atoms with Crippen LogP contribution in [0.1, 0.15) is 77.3 Å². The van der Waals surface area contributed by atoms with Gasteiger partial charge >= 0.3 is 11.9 Å². The van der Waals surface area contributed by atoms with Crippen LogP contribution in [-0.4, -0.2) is 18.5 Å². The summed E-state index contributed by atoms with van der Waals surface area (Å²) < 4.78 is 10.8. The van der Waals surface area contributed by atoms with Crippen molar-refractivity contribution in [3.8, 4) is 5.75 Å². The van der Waals surface area contributed by atoms with Crippen molar-refractivity contribution < 1.29 is 19.1 Å². The fourth-order valence-corrected chi connectivity index (χ4v) is 2.85. The predicted octanol–water partition coefficient (Wildman–Crippen LogP) is 6.04. The lowest BCUT2D eigenvalue weighted by Gasteiger charge is -2.08. The molecule has 0 atom stereocenters. The number of hydrogen-bond donors (Lipinski definition) is 0. The fraction of sp³-hybridized carbons (Fsp3) is 0.417. The van der Waals surface area contributed by atoms with Crippen molar-refractivity contribution in [2.24, 2.45) is 0 Å². The maximum Gasteiger partial charge on any atom is 0.343 e. The average molecular weight is 383 g/mol. The van der Waals surface area contributed by atoms with E-state index in [4.69, 9.17) is 9.47 Å². The van der Waals surface area contributed by atoms with Crippen LogP contribution in [0.15, 0.2) is 42.5 Å². The monoisotopic (exact) mass is 382 g/mol. The second kappa shape index (κ2) is 11.3. The average Bonchev–Trinajstić information content (AvgIpc) is 2.70. The van der Waals surface area contributed by atoms with Crippen LogP contribution in [0.5, 0.6) is 5.75 Å². The van der Waals surface area contributed by atoms with Gasteiger partial charge in [-0.1, -0.05) is 51.2 Å². The molecule has 0 aromatic heterocycles. The van der Waals surface area contributed by atoms with E-state index in [1.165, 1.54) is 31.7 Å². The number of ether oxygens (including phenoxy) is 2. The molecule has 150 valence electrons. The molecular weight excluding hydrogens is 352 g/mol. The van der Waals surface area contributed by atoms with Gasteiger partial charge in [-0.25, -0.2) is 9.59 Å². The first-order valence-corrected chi connectivity index (χ1v) is 10.1. The molecule has 0 unspecified atom stereocenters. The molecule has 0 aliphatic rings. The number of carbonyl (C=O) groups is 2. The highest BCUT2D eigenvalue weighted by molar-refractivity contribution is 5.96. The third kappa shape index (κ3) is 6.84. The Labute approximate surface area is 167 Å². The normalized spacial score (nSPS) is 10.5. The van der Waals surface area contributed by atoms with Gasteiger partial charge in [0.25, 0.3) is 0 Å². The highest BCUT2D eigenvalue weighted by Crippen LogP contribution is 2.18. The topological polar surface area (TPSA) is 52.6 Å². The molecule has 4 heteroatoms. The Balaban J connectivity index is 1.87. The van der Waals surface area contributed by atoms with E-state index in [9.17, 15) is 9.59 Å². The van der Waals surface area contributed by atoms with Gasteiger partial charge in [-0.3, -0.25) is 0 Å². The van der Waals surface area contributed by atoms with E-state index in [2.05, 4.69) is 6.92 Å². The summed E-state index contributed by atoms with van der Waals surface area (Å²) >= 11 is 0.